The summed E-state index contributed by atoms with van der Waals surface area (Å²) in [6, 6.07) is 0. The van der Waals surface area contributed by atoms with E-state index in [1.165, 1.54) is 0 Å². The van der Waals surface area contributed by atoms with Crippen LogP contribution in [0.5, 0.6) is 0 Å². The predicted molar refractivity (Wildman–Crippen MR) is 53.2 cm³/mol. The minimum absolute atomic E-state index is 0. The van der Waals surface area contributed by atoms with Crippen LogP contribution < -0.4 is 248 Å². The van der Waals surface area contributed by atoms with E-state index in [9.17, 15) is 0 Å². The quantitative estimate of drug-likeness (QED) is 0.161. The molecule has 0 aliphatic carbocycles. The Bertz CT molecular complexity index is 591. The van der Waals surface area contributed by atoms with Crippen molar-refractivity contribution in [2.24, 2.45) is 0 Å². The predicted octanol–water partition coefficient (Wildman–Crippen LogP) is -37.8. The van der Waals surface area contributed by atoms with Crippen molar-refractivity contribution >= 4 is 54.8 Å². The molecule has 0 aliphatic heterocycles. The molecule has 44 heteroatoms. The van der Waals surface area contributed by atoms with Gasteiger partial charge in [0.05, 0.1) is 0 Å². The average molecular weight is 907 g/mol. The third kappa shape index (κ3) is 2150. The van der Waals surface area contributed by atoms with Crippen molar-refractivity contribution in [2.75, 3.05) is 0 Å². The van der Waals surface area contributed by atoms with Crippen LogP contribution in [0.4, 0.5) is 0 Å². The number of phosphoric acid groups is 7. The SMILES string of the molecule is O=P([O-])([O-])[O-].O=P([O-])([O-])[O-].O=P([O-])([O-])[O-].O=P([O-])([O-])[O-].O=P([O-])([O-])[O-].O=P([O-])([O-])[O-].O=P([O-])([O-])[O-].[Li+].[Li+].[Li+].[Na+].[Na+].[Na+].[V].[V].[V]. The summed E-state index contributed by atoms with van der Waals surface area (Å²) in [7, 11) is -37.7. The molecule has 239 valence electrons. The van der Waals surface area contributed by atoms with E-state index in [0.717, 1.165) is 0 Å². The minimum Gasteiger partial charge on any atom is -0.822 e. The van der Waals surface area contributed by atoms with Crippen molar-refractivity contribution in [3.63, 3.8) is 0 Å². The van der Waals surface area contributed by atoms with Crippen molar-refractivity contribution in [1.82, 2.24) is 0 Å². The van der Waals surface area contributed by atoms with E-state index >= 15 is 0 Å². The zero-order chi connectivity index (χ0) is 31.5. The summed E-state index contributed by atoms with van der Waals surface area (Å²) >= 11 is 0. The van der Waals surface area contributed by atoms with Gasteiger partial charge >= 0.3 is 145 Å². The van der Waals surface area contributed by atoms with Gasteiger partial charge in [-0.2, -0.15) is 54.8 Å². The maximum Gasteiger partial charge on any atom is 1.00 e. The van der Waals surface area contributed by atoms with Gasteiger partial charge in [0, 0.05) is 55.7 Å². The fraction of sp³-hybridized carbons (Fsp3) is 0. The van der Waals surface area contributed by atoms with E-state index < -0.39 is 54.8 Å². The first-order chi connectivity index (χ1) is 14.0. The molecule has 0 bridgehead atoms. The Labute approximate surface area is 384 Å². The Kier molecular flexibility index (Phi) is 119. The number of hydrogen-bond acceptors (Lipinski definition) is 28. The molecule has 0 aromatic rings. The third-order valence-corrected chi connectivity index (χ3v) is 0. The van der Waals surface area contributed by atoms with Crippen LogP contribution in [-0.4, -0.2) is 0 Å². The molecule has 0 N–H and O–H groups in total. The second kappa shape index (κ2) is 50.3. The normalized spacial score (nSPS) is 9.39. The Balaban J connectivity index is -0.0000000144. The number of hydrogen-bond donors (Lipinski definition) is 0. The maximum atomic E-state index is 8.55. The first-order valence-electron chi connectivity index (χ1n) is 5.11. The molecule has 3 radical (unpaired) electrons. The second-order valence-corrected chi connectivity index (χ2v) is 9.39. The molecule has 44 heavy (non-hydrogen) atoms. The first-order valence-corrected chi connectivity index (χ1v) is 15.3. The topological polar surface area (TPSA) is 604 Å². The van der Waals surface area contributed by atoms with Crippen LogP contribution in [-0.2, 0) is 87.6 Å². The van der Waals surface area contributed by atoms with Crippen LogP contribution in [0.25, 0.3) is 0 Å². The molecule has 0 spiro atoms. The van der Waals surface area contributed by atoms with Gasteiger partial charge in [-0.15, -0.1) is 0 Å². The van der Waals surface area contributed by atoms with Crippen LogP contribution in [0, 0.1) is 0 Å². The summed E-state index contributed by atoms with van der Waals surface area (Å²) in [5.41, 5.74) is 0. The molecule has 0 aromatic heterocycles. The smallest absolute Gasteiger partial charge is 0.822 e. The molecule has 0 amide bonds. The molecule has 0 saturated heterocycles. The molecule has 0 saturated carbocycles. The molecule has 28 nitrogen and oxygen atoms in total. The summed E-state index contributed by atoms with van der Waals surface area (Å²) in [5, 5.41) is 0. The summed E-state index contributed by atoms with van der Waals surface area (Å²) < 4.78 is 59.8. The van der Waals surface area contributed by atoms with Crippen molar-refractivity contribution < 1.29 is 336 Å². The van der Waals surface area contributed by atoms with Crippen LogP contribution in [0.3, 0.4) is 0 Å². The summed E-state index contributed by atoms with van der Waals surface area (Å²) in [5.74, 6) is 0. The Morgan fingerprint density at radius 1 is 0.205 bits per heavy atom. The zero-order valence-electron chi connectivity index (χ0n) is 21.9. The summed E-state index contributed by atoms with van der Waals surface area (Å²) in [4.78, 5) is 180. The molecule has 0 aliphatic rings. The Morgan fingerprint density at radius 3 is 0.205 bits per heavy atom. The van der Waals surface area contributed by atoms with Gasteiger partial charge in [-0.1, -0.05) is 0 Å². The fourth-order valence-corrected chi connectivity index (χ4v) is 0. The fourth-order valence-electron chi connectivity index (χ4n) is 0. The average Bonchev–Trinajstić information content (AvgIpc) is 2.06. The second-order valence-electron chi connectivity index (χ2n) is 3.13. The molecule has 0 rings (SSSR count). The van der Waals surface area contributed by atoms with E-state index in [4.69, 9.17) is 135 Å². The molecular formula is Li3Na3O28P7V3-15. The van der Waals surface area contributed by atoms with Crippen molar-refractivity contribution in [2.45, 2.75) is 0 Å². The Hall–Kier alpha value is 7.32. The van der Waals surface area contributed by atoms with Crippen LogP contribution >= 0.6 is 54.8 Å². The standard InChI is InChI=1S/3Li.3Na.7H3O4P.3V/c;;;;;;7*1-5(2,3)4;;;/h;;;;;;7*(H3,1,2,3,4);;;/q6*+1;;;;;;;;;;/p-21. The van der Waals surface area contributed by atoms with E-state index in [-0.39, 0.29) is 201 Å². The zero-order valence-corrected chi connectivity index (χ0v) is 38.4. The molecular weight excluding hydrogens is 907 g/mol. The largest absolute Gasteiger partial charge is 1.00 e. The van der Waals surface area contributed by atoms with E-state index in [2.05, 4.69) is 0 Å². The van der Waals surface area contributed by atoms with Gasteiger partial charge in [0.15, 0.2) is 0 Å². The van der Waals surface area contributed by atoms with Gasteiger partial charge in [-0.25, -0.2) is 0 Å². The van der Waals surface area contributed by atoms with Gasteiger partial charge in [0.25, 0.3) is 0 Å². The van der Waals surface area contributed by atoms with Gasteiger partial charge in [-0.05, 0) is 0 Å². The van der Waals surface area contributed by atoms with Gasteiger partial charge in [0.1, 0.15) is 0 Å². The third-order valence-electron chi connectivity index (χ3n) is 0. The van der Waals surface area contributed by atoms with Crippen LogP contribution in [0.2, 0.25) is 0 Å². The molecule has 0 atom stereocenters. The monoisotopic (exact) mass is 908 g/mol. The van der Waals surface area contributed by atoms with E-state index in [1.54, 1.807) is 0 Å². The summed E-state index contributed by atoms with van der Waals surface area (Å²) in [6.45, 7) is 0. The Morgan fingerprint density at radius 2 is 0.205 bits per heavy atom. The van der Waals surface area contributed by atoms with E-state index in [0.29, 0.717) is 0 Å². The van der Waals surface area contributed by atoms with Crippen molar-refractivity contribution in [1.29, 1.82) is 0 Å². The first kappa shape index (κ1) is 104. The van der Waals surface area contributed by atoms with Crippen molar-refractivity contribution in [3.05, 3.63) is 0 Å². The number of rotatable bonds is 0. The minimum atomic E-state index is -5.39. The van der Waals surface area contributed by atoms with E-state index in [1.807, 2.05) is 0 Å². The van der Waals surface area contributed by atoms with Gasteiger partial charge in [-0.3, -0.25) is 0 Å². The van der Waals surface area contributed by atoms with Crippen LogP contribution in [0.1, 0.15) is 0 Å². The van der Waals surface area contributed by atoms with Crippen molar-refractivity contribution in [3.8, 4) is 0 Å². The molecule has 0 aromatic carbocycles. The van der Waals surface area contributed by atoms with Gasteiger partial charge in [0.2, 0.25) is 0 Å². The molecule has 0 fully saturated rings. The van der Waals surface area contributed by atoms with Gasteiger partial charge < -0.3 is 135 Å². The summed E-state index contributed by atoms with van der Waals surface area (Å²) in [6.07, 6.45) is 0. The maximum absolute atomic E-state index is 8.55. The van der Waals surface area contributed by atoms with Crippen LogP contribution in [0.15, 0.2) is 0 Å². The molecule has 0 unspecified atom stereocenters. The molecule has 0 heterocycles.